The highest BCUT2D eigenvalue weighted by Crippen LogP contribution is 2.28. The summed E-state index contributed by atoms with van der Waals surface area (Å²) in [6, 6.07) is 8.08. The van der Waals surface area contributed by atoms with Crippen LogP contribution in [0, 0.1) is 0 Å². The van der Waals surface area contributed by atoms with E-state index >= 15 is 0 Å². The molecule has 1 aromatic carbocycles. The average Bonchev–Trinajstić information content (AvgIpc) is 2.37. The van der Waals surface area contributed by atoms with Gasteiger partial charge in [-0.3, -0.25) is 0 Å². The summed E-state index contributed by atoms with van der Waals surface area (Å²) in [5.41, 5.74) is 0.950. The molecule has 0 aliphatic rings. The van der Waals surface area contributed by atoms with Gasteiger partial charge in [0.05, 0.1) is 0 Å². The molecule has 1 aromatic rings. The average molecular weight is 264 g/mol. The minimum Gasteiger partial charge on any atom is -0.337 e. The predicted molar refractivity (Wildman–Crippen MR) is 80.5 cm³/mol. The van der Waals surface area contributed by atoms with E-state index in [1.54, 1.807) is 0 Å². The third-order valence-electron chi connectivity index (χ3n) is 3.28. The molecule has 0 amide bonds. The molecule has 2 nitrogen and oxygen atoms in total. The van der Waals surface area contributed by atoms with Gasteiger partial charge in [-0.05, 0) is 32.3 Å². The fraction of sp³-hybridized carbons (Fsp3) is 0.647. The molecule has 0 saturated heterocycles. The largest absolute Gasteiger partial charge is 0.337 e. The molecule has 0 aliphatic carbocycles. The number of hydrogen-bond donors (Lipinski definition) is 0. The third kappa shape index (κ3) is 5.65. The number of unbranched alkanes of at least 4 members (excludes halogenated alkanes) is 2. The van der Waals surface area contributed by atoms with Crippen molar-refractivity contribution >= 4 is 0 Å². The summed E-state index contributed by atoms with van der Waals surface area (Å²) >= 11 is 0. The smallest absolute Gasteiger partial charge is 0.168 e. The van der Waals surface area contributed by atoms with Gasteiger partial charge in [0.15, 0.2) is 5.75 Å². The minimum atomic E-state index is -0.237. The normalized spacial score (nSPS) is 11.9. The molecule has 0 heterocycles. The van der Waals surface area contributed by atoms with Crippen molar-refractivity contribution in [2.75, 3.05) is 0 Å². The third-order valence-corrected chi connectivity index (χ3v) is 3.28. The van der Waals surface area contributed by atoms with Gasteiger partial charge in [0, 0.05) is 5.56 Å². The molecular weight excluding hydrogens is 236 g/mol. The van der Waals surface area contributed by atoms with Crippen LogP contribution in [0.1, 0.15) is 71.8 Å². The fourth-order valence-electron chi connectivity index (χ4n) is 2.03. The molecule has 0 radical (unpaired) electrons. The lowest BCUT2D eigenvalue weighted by molar-refractivity contribution is -0.283. The van der Waals surface area contributed by atoms with Crippen LogP contribution in [0.5, 0.6) is 5.75 Å². The van der Waals surface area contributed by atoms with Gasteiger partial charge in [0.2, 0.25) is 0 Å². The fourth-order valence-corrected chi connectivity index (χ4v) is 2.03. The van der Waals surface area contributed by atoms with E-state index in [4.69, 9.17) is 9.78 Å². The van der Waals surface area contributed by atoms with Crippen LogP contribution in [-0.2, 0) is 4.89 Å². The molecule has 0 spiro atoms. The molecule has 0 aromatic heterocycles. The summed E-state index contributed by atoms with van der Waals surface area (Å²) in [4.78, 5) is 11.2. The second-order valence-corrected chi connectivity index (χ2v) is 6.08. The highest BCUT2D eigenvalue weighted by molar-refractivity contribution is 5.35. The van der Waals surface area contributed by atoms with E-state index in [0.29, 0.717) is 5.92 Å². The Kier molecular flexibility index (Phi) is 6.36. The number of hydrogen-bond acceptors (Lipinski definition) is 2. The van der Waals surface area contributed by atoms with Crippen LogP contribution < -0.4 is 4.89 Å². The summed E-state index contributed by atoms with van der Waals surface area (Å²) in [7, 11) is 0. The number of para-hydroxylation sites is 1. The van der Waals surface area contributed by atoms with Gasteiger partial charge in [-0.25, -0.2) is 0 Å². The van der Waals surface area contributed by atoms with Gasteiger partial charge in [-0.1, -0.05) is 58.2 Å². The maximum absolute atomic E-state index is 5.65. The molecule has 0 saturated carbocycles. The summed E-state index contributed by atoms with van der Waals surface area (Å²) in [6.07, 6.45) is 4.67. The lowest BCUT2D eigenvalue weighted by atomic mass is 10.0. The zero-order valence-electron chi connectivity index (χ0n) is 13.0. The molecule has 0 unspecified atom stereocenters. The van der Waals surface area contributed by atoms with E-state index < -0.39 is 0 Å². The summed E-state index contributed by atoms with van der Waals surface area (Å²) in [5, 5.41) is 0. The van der Waals surface area contributed by atoms with Crippen LogP contribution in [0.25, 0.3) is 0 Å². The molecule has 19 heavy (non-hydrogen) atoms. The lowest BCUT2D eigenvalue weighted by Gasteiger charge is -2.24. The monoisotopic (exact) mass is 264 g/mol. The molecule has 0 N–H and O–H groups in total. The molecule has 108 valence electrons. The first-order chi connectivity index (χ1) is 8.96. The van der Waals surface area contributed by atoms with Crippen LogP contribution in [0.3, 0.4) is 0 Å². The topological polar surface area (TPSA) is 18.5 Å². The molecule has 1 rings (SSSR count). The molecule has 2 heteroatoms. The van der Waals surface area contributed by atoms with E-state index in [0.717, 1.165) is 12.2 Å². The molecule has 0 atom stereocenters. The van der Waals surface area contributed by atoms with Gasteiger partial charge in [0.25, 0.3) is 0 Å². The molecule has 0 fully saturated rings. The maximum atomic E-state index is 5.65. The predicted octanol–water partition coefficient (Wildman–Crippen LogP) is 5.48. The van der Waals surface area contributed by atoms with E-state index in [-0.39, 0.29) is 5.60 Å². The molecule has 0 bridgehead atoms. The Morgan fingerprint density at radius 3 is 2.42 bits per heavy atom. The van der Waals surface area contributed by atoms with Crippen molar-refractivity contribution in [3.63, 3.8) is 0 Å². The van der Waals surface area contributed by atoms with Crippen molar-refractivity contribution in [3.8, 4) is 5.75 Å². The zero-order chi connectivity index (χ0) is 14.3. The van der Waals surface area contributed by atoms with Gasteiger partial charge in [-0.2, -0.15) is 4.89 Å². The number of benzene rings is 1. The van der Waals surface area contributed by atoms with Crippen molar-refractivity contribution in [1.29, 1.82) is 0 Å². The first kappa shape index (κ1) is 16.0. The van der Waals surface area contributed by atoms with Gasteiger partial charge >= 0.3 is 0 Å². The zero-order valence-corrected chi connectivity index (χ0v) is 13.0. The summed E-state index contributed by atoms with van der Waals surface area (Å²) in [6.45, 7) is 10.7. The number of rotatable bonds is 8. The van der Waals surface area contributed by atoms with E-state index in [2.05, 4.69) is 40.7 Å². The van der Waals surface area contributed by atoms with E-state index in [1.165, 1.54) is 24.8 Å². The maximum Gasteiger partial charge on any atom is 0.168 e. The quantitative estimate of drug-likeness (QED) is 0.351. The van der Waals surface area contributed by atoms with Crippen LogP contribution in [-0.4, -0.2) is 5.60 Å². The summed E-state index contributed by atoms with van der Waals surface area (Å²) in [5.74, 6) is 1.27. The van der Waals surface area contributed by atoms with Crippen LogP contribution >= 0.6 is 0 Å². The second kappa shape index (κ2) is 7.54. The van der Waals surface area contributed by atoms with Crippen molar-refractivity contribution in [2.45, 2.75) is 71.8 Å². The first-order valence-corrected chi connectivity index (χ1v) is 7.41. The Balaban J connectivity index is 2.56. The van der Waals surface area contributed by atoms with Gasteiger partial charge in [-0.15, -0.1) is 0 Å². The second-order valence-electron chi connectivity index (χ2n) is 6.08. The first-order valence-electron chi connectivity index (χ1n) is 7.41. The van der Waals surface area contributed by atoms with Crippen LogP contribution in [0.15, 0.2) is 24.3 Å². The lowest BCUT2D eigenvalue weighted by Crippen LogP contribution is -2.26. The Morgan fingerprint density at radius 1 is 1.11 bits per heavy atom. The SMILES string of the molecule is CCCCCC(C)(C)OOc1ccccc1C(C)C. The molecular formula is C17H28O2. The summed E-state index contributed by atoms with van der Waals surface area (Å²) < 4.78 is 0. The van der Waals surface area contributed by atoms with E-state index in [9.17, 15) is 0 Å². The standard InChI is InChI=1S/C17H28O2/c1-6-7-10-13-17(4,5)19-18-16-12-9-8-11-15(16)14(2)3/h8-9,11-12,14H,6-7,10,13H2,1-5H3. The van der Waals surface area contributed by atoms with Crippen molar-refractivity contribution < 1.29 is 9.78 Å². The van der Waals surface area contributed by atoms with Crippen molar-refractivity contribution in [1.82, 2.24) is 0 Å². The Hall–Kier alpha value is -1.02. The highest BCUT2D eigenvalue weighted by atomic mass is 17.2. The van der Waals surface area contributed by atoms with Crippen molar-refractivity contribution in [3.05, 3.63) is 29.8 Å². The highest BCUT2D eigenvalue weighted by Gasteiger charge is 2.21. The Morgan fingerprint density at radius 2 is 1.79 bits per heavy atom. The van der Waals surface area contributed by atoms with Crippen molar-refractivity contribution in [2.24, 2.45) is 0 Å². The Bertz CT molecular complexity index is 369. The Labute approximate surface area is 118 Å². The van der Waals surface area contributed by atoms with Crippen LogP contribution in [0.4, 0.5) is 0 Å². The van der Waals surface area contributed by atoms with E-state index in [1.807, 2.05) is 18.2 Å². The minimum absolute atomic E-state index is 0.237. The van der Waals surface area contributed by atoms with Gasteiger partial charge in [0.1, 0.15) is 5.60 Å². The van der Waals surface area contributed by atoms with Gasteiger partial charge < -0.3 is 4.89 Å². The van der Waals surface area contributed by atoms with Crippen LogP contribution in [0.2, 0.25) is 0 Å². The molecule has 0 aliphatic heterocycles.